The molecule has 0 heterocycles. The Morgan fingerprint density at radius 1 is 1.06 bits per heavy atom. The molecule has 5 nitrogen and oxygen atoms in total. The summed E-state index contributed by atoms with van der Waals surface area (Å²) in [6.07, 6.45) is 0. The molecule has 0 aromatic heterocycles. The van der Waals surface area contributed by atoms with Gasteiger partial charge in [-0.05, 0) is 0 Å². The smallest absolute Gasteiger partial charge is 0.340 e. The highest BCUT2D eigenvalue weighted by Gasteiger charge is 2.19. The van der Waals surface area contributed by atoms with Crippen molar-refractivity contribution in [3.8, 4) is 5.75 Å². The fraction of sp³-hybridized carbons (Fsp3) is 0. The highest BCUT2D eigenvalue weighted by molar-refractivity contribution is 6.12. The van der Waals surface area contributed by atoms with E-state index in [0.717, 1.165) is 0 Å². The molecule has 0 atom stereocenters. The van der Waals surface area contributed by atoms with Crippen LogP contribution in [0.4, 0.5) is 11.4 Å². The van der Waals surface area contributed by atoms with Crippen molar-refractivity contribution in [1.29, 1.82) is 0 Å². The van der Waals surface area contributed by atoms with Gasteiger partial charge in [-0.1, -0.05) is 24.3 Å². The number of phenolic OH excluding ortho intramolecular Hbond substituents is 1. The van der Waals surface area contributed by atoms with Crippen LogP contribution < -0.4 is 11.5 Å². The Morgan fingerprint density at radius 2 is 1.62 bits per heavy atom. The number of rotatable bonds is 1. The van der Waals surface area contributed by atoms with Crippen LogP contribution >= 0.6 is 0 Å². The van der Waals surface area contributed by atoms with Crippen molar-refractivity contribution in [2.24, 2.45) is 0 Å². The second kappa shape index (κ2) is 3.30. The maximum absolute atomic E-state index is 11.0. The zero-order chi connectivity index (χ0) is 11.9. The lowest BCUT2D eigenvalue weighted by Gasteiger charge is -2.11. The van der Waals surface area contributed by atoms with Crippen molar-refractivity contribution >= 4 is 28.1 Å². The van der Waals surface area contributed by atoms with Crippen molar-refractivity contribution in [2.75, 3.05) is 11.5 Å². The average molecular weight is 218 g/mol. The molecule has 0 aliphatic carbocycles. The minimum atomic E-state index is -1.25. The lowest BCUT2D eigenvalue weighted by atomic mass is 10.0. The molecule has 0 amide bonds. The van der Waals surface area contributed by atoms with Gasteiger partial charge in [-0.3, -0.25) is 0 Å². The second-order valence-corrected chi connectivity index (χ2v) is 3.40. The van der Waals surface area contributed by atoms with E-state index >= 15 is 0 Å². The minimum Gasteiger partial charge on any atom is -0.505 e. The van der Waals surface area contributed by atoms with E-state index in [2.05, 4.69) is 0 Å². The molecule has 2 aromatic rings. The summed E-state index contributed by atoms with van der Waals surface area (Å²) in [5.74, 6) is -1.50. The topological polar surface area (TPSA) is 110 Å². The Labute approximate surface area is 90.9 Å². The molecule has 16 heavy (non-hydrogen) atoms. The monoisotopic (exact) mass is 218 g/mol. The lowest BCUT2D eigenvalue weighted by molar-refractivity contribution is 0.0699. The Bertz CT molecular complexity index is 593. The fourth-order valence-electron chi connectivity index (χ4n) is 1.70. The molecule has 6 N–H and O–H groups in total. The molecule has 0 fully saturated rings. The summed E-state index contributed by atoms with van der Waals surface area (Å²) in [5, 5.41) is 19.7. The SMILES string of the molecule is Nc1c(C(=O)O)c(N)c2ccccc2c1O. The fourth-order valence-corrected chi connectivity index (χ4v) is 1.70. The van der Waals surface area contributed by atoms with Crippen molar-refractivity contribution in [3.63, 3.8) is 0 Å². The number of phenols is 1. The number of hydrogen-bond donors (Lipinski definition) is 4. The molecule has 2 rings (SSSR count). The lowest BCUT2D eigenvalue weighted by Crippen LogP contribution is -2.07. The summed E-state index contributed by atoms with van der Waals surface area (Å²) in [7, 11) is 0. The van der Waals surface area contributed by atoms with Crippen LogP contribution in [0.5, 0.6) is 5.75 Å². The third-order valence-electron chi connectivity index (χ3n) is 2.48. The molecule has 0 radical (unpaired) electrons. The highest BCUT2D eigenvalue weighted by atomic mass is 16.4. The standard InChI is InChI=1S/C11H10N2O3/c12-8-5-3-1-2-4-6(5)10(14)9(13)7(8)11(15)16/h1-4,14H,12-13H2,(H,15,16). The quantitative estimate of drug-likeness (QED) is 0.328. The van der Waals surface area contributed by atoms with E-state index in [9.17, 15) is 9.90 Å². The van der Waals surface area contributed by atoms with Gasteiger partial charge < -0.3 is 21.7 Å². The predicted molar refractivity (Wildman–Crippen MR) is 61.4 cm³/mol. The first-order valence-corrected chi connectivity index (χ1v) is 4.56. The number of fused-ring (bicyclic) bond motifs is 1. The molecular weight excluding hydrogens is 208 g/mol. The third kappa shape index (κ3) is 1.22. The van der Waals surface area contributed by atoms with Gasteiger partial charge in [-0.25, -0.2) is 4.79 Å². The first kappa shape index (κ1) is 10.1. The Balaban J connectivity index is 3.00. The van der Waals surface area contributed by atoms with Crippen molar-refractivity contribution in [3.05, 3.63) is 29.8 Å². The van der Waals surface area contributed by atoms with Crippen LogP contribution in [0.25, 0.3) is 10.8 Å². The van der Waals surface area contributed by atoms with E-state index in [1.807, 2.05) is 0 Å². The molecule has 0 saturated carbocycles. The number of anilines is 2. The summed E-state index contributed by atoms with van der Waals surface area (Å²) in [6.45, 7) is 0. The number of benzene rings is 2. The van der Waals surface area contributed by atoms with Crippen molar-refractivity contribution in [1.82, 2.24) is 0 Å². The van der Waals surface area contributed by atoms with Crippen LogP contribution in [0.1, 0.15) is 10.4 Å². The first-order chi connectivity index (χ1) is 7.54. The van der Waals surface area contributed by atoms with E-state index in [1.165, 1.54) is 0 Å². The van der Waals surface area contributed by atoms with Crippen molar-refractivity contribution < 1.29 is 15.0 Å². The van der Waals surface area contributed by atoms with Gasteiger partial charge in [0.05, 0.1) is 11.4 Å². The molecule has 0 aliphatic rings. The molecule has 0 aliphatic heterocycles. The number of aromatic carboxylic acids is 1. The van der Waals surface area contributed by atoms with Crippen LogP contribution in [-0.2, 0) is 0 Å². The third-order valence-corrected chi connectivity index (χ3v) is 2.48. The van der Waals surface area contributed by atoms with Gasteiger partial charge in [0.25, 0.3) is 0 Å². The van der Waals surface area contributed by atoms with Crippen LogP contribution in [0.2, 0.25) is 0 Å². The van der Waals surface area contributed by atoms with E-state index in [0.29, 0.717) is 10.8 Å². The molecular formula is C11H10N2O3. The molecule has 0 bridgehead atoms. The number of nitrogen functional groups attached to an aromatic ring is 2. The minimum absolute atomic E-state index is 0.0680. The summed E-state index contributed by atoms with van der Waals surface area (Å²) in [4.78, 5) is 11.0. The number of aromatic hydroxyl groups is 1. The molecule has 5 heteroatoms. The average Bonchev–Trinajstić information content (AvgIpc) is 2.26. The van der Waals surface area contributed by atoms with Gasteiger partial charge in [0.2, 0.25) is 0 Å². The van der Waals surface area contributed by atoms with Crippen LogP contribution in [0.15, 0.2) is 24.3 Å². The highest BCUT2D eigenvalue weighted by Crippen LogP contribution is 2.38. The predicted octanol–water partition coefficient (Wildman–Crippen LogP) is 1.41. The normalized spacial score (nSPS) is 10.5. The number of carboxylic acid groups (broad SMARTS) is 1. The second-order valence-electron chi connectivity index (χ2n) is 3.40. The van der Waals surface area contributed by atoms with Gasteiger partial charge in [-0.15, -0.1) is 0 Å². The van der Waals surface area contributed by atoms with Gasteiger partial charge in [0.15, 0.2) is 0 Å². The molecule has 0 unspecified atom stereocenters. The number of nitrogens with two attached hydrogens (primary N) is 2. The van der Waals surface area contributed by atoms with Crippen molar-refractivity contribution in [2.45, 2.75) is 0 Å². The maximum Gasteiger partial charge on any atom is 0.340 e. The Morgan fingerprint density at radius 3 is 2.19 bits per heavy atom. The van der Waals surface area contributed by atoms with E-state index in [4.69, 9.17) is 16.6 Å². The maximum atomic E-state index is 11.0. The Kier molecular flexibility index (Phi) is 2.09. The molecule has 0 saturated heterocycles. The first-order valence-electron chi connectivity index (χ1n) is 4.56. The van der Waals surface area contributed by atoms with Gasteiger partial charge in [0.1, 0.15) is 11.3 Å². The summed E-state index contributed by atoms with van der Waals surface area (Å²) in [6, 6.07) is 6.68. The van der Waals surface area contributed by atoms with Crippen LogP contribution in [0.3, 0.4) is 0 Å². The zero-order valence-electron chi connectivity index (χ0n) is 8.27. The largest absolute Gasteiger partial charge is 0.505 e. The number of carboxylic acids is 1. The van der Waals surface area contributed by atoms with Crippen LogP contribution in [0, 0.1) is 0 Å². The summed E-state index contributed by atoms with van der Waals surface area (Å²) in [5.41, 5.74) is 10.9. The van der Waals surface area contributed by atoms with Gasteiger partial charge in [0, 0.05) is 10.8 Å². The van der Waals surface area contributed by atoms with E-state index in [1.54, 1.807) is 24.3 Å². The zero-order valence-corrected chi connectivity index (χ0v) is 8.27. The summed E-state index contributed by atoms with van der Waals surface area (Å²) >= 11 is 0. The Hall–Kier alpha value is -2.43. The molecule has 2 aromatic carbocycles. The van der Waals surface area contributed by atoms with Gasteiger partial charge >= 0.3 is 5.97 Å². The van der Waals surface area contributed by atoms with E-state index in [-0.39, 0.29) is 22.7 Å². The summed E-state index contributed by atoms with van der Waals surface area (Å²) < 4.78 is 0. The number of carbonyl (C=O) groups is 1. The number of hydrogen-bond acceptors (Lipinski definition) is 4. The molecule has 82 valence electrons. The molecule has 0 spiro atoms. The van der Waals surface area contributed by atoms with Gasteiger partial charge in [-0.2, -0.15) is 0 Å². The van der Waals surface area contributed by atoms with E-state index < -0.39 is 5.97 Å². The van der Waals surface area contributed by atoms with Crippen LogP contribution in [-0.4, -0.2) is 16.2 Å².